The Morgan fingerprint density at radius 1 is 1.19 bits per heavy atom. The summed E-state index contributed by atoms with van der Waals surface area (Å²) in [4.78, 5) is 30.2. The van der Waals surface area contributed by atoms with Gasteiger partial charge in [0, 0.05) is 30.3 Å². The van der Waals surface area contributed by atoms with Crippen molar-refractivity contribution in [2.24, 2.45) is 0 Å². The Kier molecular flexibility index (Phi) is 3.43. The highest BCUT2D eigenvalue weighted by Gasteiger charge is 2.56. The third-order valence-corrected chi connectivity index (χ3v) is 6.08. The van der Waals surface area contributed by atoms with Gasteiger partial charge in [0.2, 0.25) is 0 Å². The molecule has 0 radical (unpaired) electrons. The third-order valence-electron chi connectivity index (χ3n) is 6.08. The number of nitrogens with one attached hydrogen (secondary N) is 1. The Morgan fingerprint density at radius 2 is 1.96 bits per heavy atom. The molecular formula is C21H20N2O4. The molecule has 1 spiro atoms. The first-order chi connectivity index (χ1) is 13.1. The normalized spacial score (nSPS) is 24.6. The lowest BCUT2D eigenvalue weighted by atomic mass is 9.81. The number of hydrogen-bond acceptors (Lipinski definition) is 6. The van der Waals surface area contributed by atoms with Gasteiger partial charge < -0.3 is 14.8 Å². The molecule has 2 aromatic rings. The predicted molar refractivity (Wildman–Crippen MR) is 97.1 cm³/mol. The van der Waals surface area contributed by atoms with Gasteiger partial charge in [0.05, 0.1) is 12.5 Å². The van der Waals surface area contributed by atoms with Gasteiger partial charge in [0.1, 0.15) is 5.75 Å². The molecule has 1 aromatic carbocycles. The molecule has 1 saturated carbocycles. The maximum absolute atomic E-state index is 13.6. The molecule has 6 nitrogen and oxygen atoms in total. The largest absolute Gasteiger partial charge is 0.497 e. The van der Waals surface area contributed by atoms with Gasteiger partial charge >= 0.3 is 5.97 Å². The van der Waals surface area contributed by atoms with Crippen LogP contribution in [0.25, 0.3) is 0 Å². The van der Waals surface area contributed by atoms with Crippen LogP contribution in [-0.2, 0) is 15.8 Å². The van der Waals surface area contributed by atoms with Crippen LogP contribution in [0.1, 0.15) is 51.2 Å². The van der Waals surface area contributed by atoms with Gasteiger partial charge in [-0.25, -0.2) is 9.78 Å². The second kappa shape index (κ2) is 5.63. The molecule has 0 bridgehead atoms. The van der Waals surface area contributed by atoms with Crippen molar-refractivity contribution in [2.75, 3.05) is 20.2 Å². The summed E-state index contributed by atoms with van der Waals surface area (Å²) in [5, 5.41) is 3.25. The second-order valence-electron chi connectivity index (χ2n) is 7.53. The first-order valence-electron chi connectivity index (χ1n) is 9.23. The summed E-state index contributed by atoms with van der Waals surface area (Å²) in [6.45, 7) is 1.27. The molecule has 3 heterocycles. The Morgan fingerprint density at radius 3 is 2.59 bits per heavy atom. The van der Waals surface area contributed by atoms with E-state index in [1.54, 1.807) is 19.4 Å². The van der Waals surface area contributed by atoms with Crippen LogP contribution in [0.5, 0.6) is 5.75 Å². The zero-order valence-corrected chi connectivity index (χ0v) is 15.1. The Hall–Kier alpha value is -2.73. The highest BCUT2D eigenvalue weighted by atomic mass is 16.6. The Bertz CT molecular complexity index is 941. The first-order valence-corrected chi connectivity index (χ1v) is 9.23. The van der Waals surface area contributed by atoms with Gasteiger partial charge in [0.25, 0.3) is 0 Å². The lowest BCUT2D eigenvalue weighted by Gasteiger charge is -2.25. The van der Waals surface area contributed by atoms with Crippen LogP contribution in [0.3, 0.4) is 0 Å². The number of carbonyl (C=O) groups excluding carboxylic acids is 2. The molecule has 0 amide bonds. The van der Waals surface area contributed by atoms with Crippen LogP contribution in [0.15, 0.2) is 36.5 Å². The van der Waals surface area contributed by atoms with Crippen molar-refractivity contribution >= 4 is 11.8 Å². The van der Waals surface area contributed by atoms with Crippen LogP contribution < -0.4 is 10.1 Å². The second-order valence-corrected chi connectivity index (χ2v) is 7.53. The van der Waals surface area contributed by atoms with E-state index < -0.39 is 17.0 Å². The van der Waals surface area contributed by atoms with Crippen LogP contribution in [0.2, 0.25) is 0 Å². The molecule has 1 aliphatic carbocycles. The molecule has 1 atom stereocenters. The molecule has 2 aliphatic heterocycles. The number of pyridine rings is 1. The number of benzene rings is 1. The monoisotopic (exact) mass is 364 g/mol. The fourth-order valence-electron chi connectivity index (χ4n) is 4.45. The summed E-state index contributed by atoms with van der Waals surface area (Å²) >= 11 is 0. The average Bonchev–Trinajstić information content (AvgIpc) is 3.31. The van der Waals surface area contributed by atoms with Crippen LogP contribution in [0, 0.1) is 0 Å². The number of ketones is 1. The smallest absolute Gasteiger partial charge is 0.358 e. The molecule has 138 valence electrons. The van der Waals surface area contributed by atoms with E-state index in [1.165, 1.54) is 0 Å². The average molecular weight is 364 g/mol. The summed E-state index contributed by atoms with van der Waals surface area (Å²) in [5.41, 5.74) is 1.23. The van der Waals surface area contributed by atoms with Crippen LogP contribution in [0.4, 0.5) is 0 Å². The summed E-state index contributed by atoms with van der Waals surface area (Å²) in [6, 6.07) is 9.43. The van der Waals surface area contributed by atoms with Gasteiger partial charge in [-0.1, -0.05) is 12.1 Å². The van der Waals surface area contributed by atoms with Crippen molar-refractivity contribution in [3.8, 4) is 5.75 Å². The number of methoxy groups -OCH3 is 1. The molecule has 3 aliphatic rings. The number of aromatic nitrogens is 1. The molecule has 1 N–H and O–H groups in total. The minimum absolute atomic E-state index is 0.0518. The molecule has 1 aromatic heterocycles. The Labute approximate surface area is 156 Å². The SMILES string of the molecule is COc1ccc(C2(C(=O)c3ccnc4c3C3(CCNC3)OC4=O)CC2)cc1. The van der Waals surface area contributed by atoms with Gasteiger partial charge in [-0.2, -0.15) is 0 Å². The first kappa shape index (κ1) is 16.4. The fourth-order valence-corrected chi connectivity index (χ4v) is 4.45. The van der Waals surface area contributed by atoms with Crippen LogP contribution >= 0.6 is 0 Å². The topological polar surface area (TPSA) is 77.5 Å². The van der Waals surface area contributed by atoms with Gasteiger partial charge in [-0.15, -0.1) is 0 Å². The summed E-state index contributed by atoms with van der Waals surface area (Å²) in [6.07, 6.45) is 3.80. The number of ether oxygens (including phenoxy) is 2. The number of hydrogen-bond donors (Lipinski definition) is 1. The molecule has 6 heteroatoms. The molecule has 27 heavy (non-hydrogen) atoms. The van der Waals surface area contributed by atoms with E-state index in [2.05, 4.69) is 10.3 Å². The Balaban J connectivity index is 1.60. The quantitative estimate of drug-likeness (QED) is 0.663. The molecule has 1 saturated heterocycles. The lowest BCUT2D eigenvalue weighted by Crippen LogP contribution is -2.32. The van der Waals surface area contributed by atoms with Crippen LogP contribution in [-0.4, -0.2) is 36.9 Å². The number of rotatable bonds is 4. The van der Waals surface area contributed by atoms with E-state index in [0.717, 1.165) is 30.7 Å². The minimum atomic E-state index is -0.762. The van der Waals surface area contributed by atoms with Crippen molar-refractivity contribution in [3.05, 3.63) is 58.9 Å². The summed E-state index contributed by atoms with van der Waals surface area (Å²) < 4.78 is 10.9. The van der Waals surface area contributed by atoms with Crippen molar-refractivity contribution < 1.29 is 19.1 Å². The molecule has 1 unspecified atom stereocenters. The third kappa shape index (κ3) is 2.26. The van der Waals surface area contributed by atoms with E-state index in [0.29, 0.717) is 24.1 Å². The van der Waals surface area contributed by atoms with E-state index >= 15 is 0 Å². The zero-order chi connectivity index (χ0) is 18.6. The van der Waals surface area contributed by atoms with E-state index in [9.17, 15) is 9.59 Å². The van der Waals surface area contributed by atoms with Crippen molar-refractivity contribution in [2.45, 2.75) is 30.3 Å². The fraction of sp³-hybridized carbons (Fsp3) is 0.381. The number of esters is 1. The van der Waals surface area contributed by atoms with Crippen molar-refractivity contribution in [1.29, 1.82) is 0 Å². The maximum atomic E-state index is 13.6. The van der Waals surface area contributed by atoms with Crippen molar-refractivity contribution in [1.82, 2.24) is 10.3 Å². The summed E-state index contributed by atoms with van der Waals surface area (Å²) in [7, 11) is 1.62. The predicted octanol–water partition coefficient (Wildman–Crippen LogP) is 2.36. The van der Waals surface area contributed by atoms with E-state index in [4.69, 9.17) is 9.47 Å². The number of nitrogens with zero attached hydrogens (tertiary/aromatic N) is 1. The number of fused-ring (bicyclic) bond motifs is 2. The van der Waals surface area contributed by atoms with Gasteiger partial charge in [-0.05, 0) is 43.1 Å². The number of Topliss-reactive ketones (excluding diaryl/α,β-unsaturated/α-hetero) is 1. The van der Waals surface area contributed by atoms with Crippen molar-refractivity contribution in [3.63, 3.8) is 0 Å². The minimum Gasteiger partial charge on any atom is -0.497 e. The van der Waals surface area contributed by atoms with Gasteiger partial charge in [-0.3, -0.25) is 4.79 Å². The van der Waals surface area contributed by atoms with E-state index in [-0.39, 0.29) is 11.5 Å². The number of carbonyl (C=O) groups is 2. The summed E-state index contributed by atoms with van der Waals surface area (Å²) in [5.74, 6) is 0.385. The highest BCUT2D eigenvalue weighted by Crippen LogP contribution is 2.52. The van der Waals surface area contributed by atoms with Gasteiger partial charge in [0.15, 0.2) is 17.1 Å². The van der Waals surface area contributed by atoms with E-state index in [1.807, 2.05) is 24.3 Å². The molecule has 5 rings (SSSR count). The maximum Gasteiger partial charge on any atom is 0.358 e. The highest BCUT2D eigenvalue weighted by molar-refractivity contribution is 6.09. The zero-order valence-electron chi connectivity index (χ0n) is 15.1. The molecular weight excluding hydrogens is 344 g/mol. The standard InChI is InChI=1S/C21H20N2O4/c1-26-14-4-2-13(3-5-14)20(7-8-20)18(24)15-6-10-23-17-16(15)21(27-19(17)25)9-11-22-12-21/h2-6,10,22H,7-9,11-12H2,1H3. The molecule has 2 fully saturated rings. The lowest BCUT2D eigenvalue weighted by molar-refractivity contribution is 0.00115.